The van der Waals surface area contributed by atoms with E-state index in [0.717, 1.165) is 18.9 Å². The summed E-state index contributed by atoms with van der Waals surface area (Å²) in [6.07, 6.45) is 2.33. The summed E-state index contributed by atoms with van der Waals surface area (Å²) in [4.78, 5) is 0. The molecule has 0 aromatic carbocycles. The second-order valence-electron chi connectivity index (χ2n) is 4.74. The zero-order valence-corrected chi connectivity index (χ0v) is 11.6. The van der Waals surface area contributed by atoms with E-state index < -0.39 is 0 Å². The molecule has 0 bridgehead atoms. The standard InChI is InChI=1S/C13H27NS/c1-6-7-14-13(8-11(2)3)10-15-9-12(4)5/h12-14H,2,6-10H2,1,3-5H3. The van der Waals surface area contributed by atoms with Crippen LogP contribution in [0.3, 0.4) is 0 Å². The first kappa shape index (κ1) is 15.0. The SMILES string of the molecule is C=C(C)CC(CSCC(C)C)NCCC. The molecule has 0 radical (unpaired) electrons. The predicted molar refractivity (Wildman–Crippen MR) is 73.7 cm³/mol. The lowest BCUT2D eigenvalue weighted by Crippen LogP contribution is -2.32. The summed E-state index contributed by atoms with van der Waals surface area (Å²) in [6, 6.07) is 0.617. The number of rotatable bonds is 9. The van der Waals surface area contributed by atoms with Crippen LogP contribution in [0.2, 0.25) is 0 Å². The highest BCUT2D eigenvalue weighted by Gasteiger charge is 2.08. The molecule has 90 valence electrons. The number of nitrogens with one attached hydrogen (secondary N) is 1. The van der Waals surface area contributed by atoms with E-state index in [-0.39, 0.29) is 0 Å². The summed E-state index contributed by atoms with van der Waals surface area (Å²) >= 11 is 2.06. The summed E-state index contributed by atoms with van der Waals surface area (Å²) < 4.78 is 0. The molecule has 0 aromatic heterocycles. The molecule has 0 aliphatic heterocycles. The monoisotopic (exact) mass is 229 g/mol. The van der Waals surface area contributed by atoms with Gasteiger partial charge in [-0.25, -0.2) is 0 Å². The van der Waals surface area contributed by atoms with E-state index in [1.54, 1.807) is 0 Å². The molecule has 1 nitrogen and oxygen atoms in total. The third-order valence-electron chi connectivity index (χ3n) is 2.05. The smallest absolute Gasteiger partial charge is 0.0195 e. The van der Waals surface area contributed by atoms with Crippen molar-refractivity contribution in [2.24, 2.45) is 5.92 Å². The molecule has 1 unspecified atom stereocenters. The van der Waals surface area contributed by atoms with Gasteiger partial charge in [-0.2, -0.15) is 11.8 Å². The van der Waals surface area contributed by atoms with Crippen LogP contribution in [0.25, 0.3) is 0 Å². The Morgan fingerprint density at radius 2 is 2.00 bits per heavy atom. The van der Waals surface area contributed by atoms with Gasteiger partial charge in [0, 0.05) is 11.8 Å². The summed E-state index contributed by atoms with van der Waals surface area (Å²) in [6.45, 7) is 14.0. The molecule has 0 aliphatic rings. The van der Waals surface area contributed by atoms with Gasteiger partial charge in [0.2, 0.25) is 0 Å². The largest absolute Gasteiger partial charge is 0.313 e. The summed E-state index contributed by atoms with van der Waals surface area (Å²) in [5, 5.41) is 3.59. The molecule has 1 atom stereocenters. The van der Waals surface area contributed by atoms with Crippen molar-refractivity contribution < 1.29 is 0 Å². The molecule has 0 heterocycles. The van der Waals surface area contributed by atoms with E-state index in [0.29, 0.717) is 6.04 Å². The lowest BCUT2D eigenvalue weighted by molar-refractivity contribution is 0.548. The molecule has 15 heavy (non-hydrogen) atoms. The normalized spacial score (nSPS) is 13.1. The molecule has 2 heteroatoms. The van der Waals surface area contributed by atoms with Crippen molar-refractivity contribution in [3.8, 4) is 0 Å². The maximum Gasteiger partial charge on any atom is 0.0195 e. The average Bonchev–Trinajstić information content (AvgIpc) is 2.12. The number of thioether (sulfide) groups is 1. The van der Waals surface area contributed by atoms with Gasteiger partial charge >= 0.3 is 0 Å². The van der Waals surface area contributed by atoms with Gasteiger partial charge in [-0.1, -0.05) is 26.3 Å². The Balaban J connectivity index is 3.73. The van der Waals surface area contributed by atoms with E-state index in [2.05, 4.69) is 51.4 Å². The molecule has 0 spiro atoms. The molecule has 0 rings (SSSR count). The Morgan fingerprint density at radius 1 is 1.33 bits per heavy atom. The maximum absolute atomic E-state index is 4.00. The average molecular weight is 229 g/mol. The predicted octanol–water partition coefficient (Wildman–Crippen LogP) is 3.71. The Morgan fingerprint density at radius 3 is 2.47 bits per heavy atom. The Labute approximate surface area is 100 Å². The van der Waals surface area contributed by atoms with E-state index in [1.165, 1.54) is 23.5 Å². The van der Waals surface area contributed by atoms with Crippen molar-refractivity contribution in [2.75, 3.05) is 18.1 Å². The van der Waals surface area contributed by atoms with Crippen molar-refractivity contribution in [2.45, 2.75) is 46.6 Å². The van der Waals surface area contributed by atoms with Gasteiger partial charge in [0.05, 0.1) is 0 Å². The summed E-state index contributed by atoms with van der Waals surface area (Å²) in [7, 11) is 0. The van der Waals surface area contributed by atoms with Gasteiger partial charge in [0.25, 0.3) is 0 Å². The molecular formula is C13H27NS. The van der Waals surface area contributed by atoms with E-state index in [1.807, 2.05) is 0 Å². The molecule has 0 aromatic rings. The zero-order valence-electron chi connectivity index (χ0n) is 10.8. The fraction of sp³-hybridized carbons (Fsp3) is 0.846. The van der Waals surface area contributed by atoms with Crippen LogP contribution in [-0.2, 0) is 0 Å². The zero-order chi connectivity index (χ0) is 11.7. The molecular weight excluding hydrogens is 202 g/mol. The lowest BCUT2D eigenvalue weighted by atomic mass is 10.1. The Kier molecular flexibility index (Phi) is 9.32. The third kappa shape index (κ3) is 10.3. The highest BCUT2D eigenvalue weighted by Crippen LogP contribution is 2.13. The Bertz CT molecular complexity index is 166. The van der Waals surface area contributed by atoms with Gasteiger partial charge in [-0.15, -0.1) is 6.58 Å². The van der Waals surface area contributed by atoms with Crippen molar-refractivity contribution in [1.82, 2.24) is 5.32 Å². The molecule has 1 N–H and O–H groups in total. The van der Waals surface area contributed by atoms with Crippen molar-refractivity contribution in [3.63, 3.8) is 0 Å². The molecule has 0 fully saturated rings. The molecule has 0 amide bonds. The second kappa shape index (κ2) is 9.29. The van der Waals surface area contributed by atoms with Crippen LogP contribution >= 0.6 is 11.8 Å². The van der Waals surface area contributed by atoms with Crippen LogP contribution in [0.4, 0.5) is 0 Å². The van der Waals surface area contributed by atoms with Gasteiger partial charge in [-0.05, 0) is 38.0 Å². The first-order valence-electron chi connectivity index (χ1n) is 6.01. The third-order valence-corrected chi connectivity index (χ3v) is 3.59. The van der Waals surface area contributed by atoms with Gasteiger partial charge in [0.1, 0.15) is 0 Å². The lowest BCUT2D eigenvalue weighted by Gasteiger charge is -2.18. The summed E-state index contributed by atoms with van der Waals surface area (Å²) in [5.41, 5.74) is 1.29. The fourth-order valence-corrected chi connectivity index (χ4v) is 2.53. The minimum Gasteiger partial charge on any atom is -0.313 e. The maximum atomic E-state index is 4.00. The van der Waals surface area contributed by atoms with Crippen LogP contribution in [0.15, 0.2) is 12.2 Å². The number of hydrogen-bond donors (Lipinski definition) is 1. The first-order chi connectivity index (χ1) is 7.06. The van der Waals surface area contributed by atoms with Crippen molar-refractivity contribution >= 4 is 11.8 Å². The van der Waals surface area contributed by atoms with E-state index in [4.69, 9.17) is 0 Å². The van der Waals surface area contributed by atoms with Crippen LogP contribution in [0, 0.1) is 5.92 Å². The van der Waals surface area contributed by atoms with Crippen molar-refractivity contribution in [3.05, 3.63) is 12.2 Å². The van der Waals surface area contributed by atoms with Gasteiger partial charge in [0.15, 0.2) is 0 Å². The van der Waals surface area contributed by atoms with Crippen molar-refractivity contribution in [1.29, 1.82) is 0 Å². The van der Waals surface area contributed by atoms with Crippen LogP contribution in [0.1, 0.15) is 40.5 Å². The number of hydrogen-bond acceptors (Lipinski definition) is 2. The second-order valence-corrected chi connectivity index (χ2v) is 5.82. The molecule has 0 saturated carbocycles. The van der Waals surface area contributed by atoms with Gasteiger partial charge < -0.3 is 5.32 Å². The highest BCUT2D eigenvalue weighted by molar-refractivity contribution is 7.99. The highest BCUT2D eigenvalue weighted by atomic mass is 32.2. The topological polar surface area (TPSA) is 12.0 Å². The quantitative estimate of drug-likeness (QED) is 0.605. The molecule has 0 aliphatic carbocycles. The first-order valence-corrected chi connectivity index (χ1v) is 7.17. The van der Waals surface area contributed by atoms with Gasteiger partial charge in [-0.3, -0.25) is 0 Å². The van der Waals surface area contributed by atoms with Crippen LogP contribution in [-0.4, -0.2) is 24.1 Å². The molecule has 0 saturated heterocycles. The van der Waals surface area contributed by atoms with Crippen LogP contribution < -0.4 is 5.32 Å². The summed E-state index contributed by atoms with van der Waals surface area (Å²) in [5.74, 6) is 3.28. The van der Waals surface area contributed by atoms with E-state index in [9.17, 15) is 0 Å². The minimum atomic E-state index is 0.617. The fourth-order valence-electron chi connectivity index (χ4n) is 1.41. The minimum absolute atomic E-state index is 0.617. The van der Waals surface area contributed by atoms with E-state index >= 15 is 0 Å². The van der Waals surface area contributed by atoms with Crippen LogP contribution in [0.5, 0.6) is 0 Å². The Hall–Kier alpha value is 0.0500.